The molecule has 0 unspecified atom stereocenters. The van der Waals surface area contributed by atoms with Gasteiger partial charge in [-0.05, 0) is 55.2 Å². The SMILES string of the molecule is Cc1cc(C(=O)O)cc(S(=O)(=O)N[C@@H]2C[C@H]2c2ccccc2F)c1C. The molecule has 0 aliphatic heterocycles. The van der Waals surface area contributed by atoms with Crippen LogP contribution in [0.4, 0.5) is 4.39 Å². The molecule has 0 amide bonds. The minimum atomic E-state index is -3.90. The van der Waals surface area contributed by atoms with Gasteiger partial charge in [-0.3, -0.25) is 0 Å². The molecule has 2 N–H and O–H groups in total. The van der Waals surface area contributed by atoms with Gasteiger partial charge in [0.1, 0.15) is 5.82 Å². The first-order chi connectivity index (χ1) is 11.7. The van der Waals surface area contributed by atoms with E-state index in [-0.39, 0.29) is 22.2 Å². The average molecular weight is 363 g/mol. The van der Waals surface area contributed by atoms with Gasteiger partial charge in [0.2, 0.25) is 10.0 Å². The fraction of sp³-hybridized carbons (Fsp3) is 0.278. The molecule has 0 bridgehead atoms. The number of carboxylic acid groups (broad SMARTS) is 1. The molecule has 5 nitrogen and oxygen atoms in total. The van der Waals surface area contributed by atoms with Crippen LogP contribution in [0.5, 0.6) is 0 Å². The Labute approximate surface area is 145 Å². The Hall–Kier alpha value is -2.25. The summed E-state index contributed by atoms with van der Waals surface area (Å²) in [7, 11) is -3.90. The monoisotopic (exact) mass is 363 g/mol. The first kappa shape index (κ1) is 17.6. The molecule has 2 aromatic rings. The largest absolute Gasteiger partial charge is 0.478 e. The van der Waals surface area contributed by atoms with Crippen molar-refractivity contribution in [2.45, 2.75) is 37.1 Å². The van der Waals surface area contributed by atoms with E-state index in [0.717, 1.165) is 6.07 Å². The number of benzene rings is 2. The zero-order valence-corrected chi connectivity index (χ0v) is 14.6. The maximum absolute atomic E-state index is 13.8. The number of hydrogen-bond acceptors (Lipinski definition) is 3. The third kappa shape index (κ3) is 3.43. The third-order valence-corrected chi connectivity index (χ3v) is 6.17. The maximum atomic E-state index is 13.8. The van der Waals surface area contributed by atoms with Crippen molar-refractivity contribution in [3.8, 4) is 0 Å². The van der Waals surface area contributed by atoms with E-state index in [1.807, 2.05) is 0 Å². The molecule has 132 valence electrons. The van der Waals surface area contributed by atoms with Crippen molar-refractivity contribution in [3.05, 3.63) is 64.5 Å². The zero-order chi connectivity index (χ0) is 18.4. The highest BCUT2D eigenvalue weighted by atomic mass is 32.2. The fourth-order valence-electron chi connectivity index (χ4n) is 2.94. The molecule has 1 fully saturated rings. The van der Waals surface area contributed by atoms with Gasteiger partial charge in [0, 0.05) is 12.0 Å². The molecule has 25 heavy (non-hydrogen) atoms. The topological polar surface area (TPSA) is 83.5 Å². The van der Waals surface area contributed by atoms with Crippen molar-refractivity contribution in [1.29, 1.82) is 0 Å². The number of nitrogens with one attached hydrogen (secondary N) is 1. The van der Waals surface area contributed by atoms with Crippen LogP contribution in [-0.2, 0) is 10.0 Å². The number of halogens is 1. The summed E-state index contributed by atoms with van der Waals surface area (Å²) in [4.78, 5) is 11.1. The third-order valence-electron chi connectivity index (χ3n) is 4.56. The van der Waals surface area contributed by atoms with E-state index in [0.29, 0.717) is 23.1 Å². The molecule has 2 atom stereocenters. The van der Waals surface area contributed by atoms with Crippen LogP contribution in [0.15, 0.2) is 41.3 Å². The van der Waals surface area contributed by atoms with Crippen LogP contribution in [0, 0.1) is 19.7 Å². The van der Waals surface area contributed by atoms with E-state index in [2.05, 4.69) is 4.72 Å². The van der Waals surface area contributed by atoms with Crippen molar-refractivity contribution in [2.24, 2.45) is 0 Å². The molecule has 0 heterocycles. The molecule has 0 aromatic heterocycles. The Morgan fingerprint density at radius 1 is 1.24 bits per heavy atom. The Kier molecular flexibility index (Phi) is 4.38. The molecular weight excluding hydrogens is 345 g/mol. The first-order valence-corrected chi connectivity index (χ1v) is 9.30. The van der Waals surface area contributed by atoms with Gasteiger partial charge in [-0.25, -0.2) is 22.3 Å². The van der Waals surface area contributed by atoms with Gasteiger partial charge in [0.15, 0.2) is 0 Å². The van der Waals surface area contributed by atoms with Crippen LogP contribution in [0.3, 0.4) is 0 Å². The van der Waals surface area contributed by atoms with Crippen molar-refractivity contribution in [2.75, 3.05) is 0 Å². The van der Waals surface area contributed by atoms with Crippen molar-refractivity contribution >= 4 is 16.0 Å². The number of hydrogen-bond donors (Lipinski definition) is 2. The number of rotatable bonds is 5. The molecular formula is C18H18FNO4S. The lowest BCUT2D eigenvalue weighted by Gasteiger charge is -2.12. The number of sulfonamides is 1. The average Bonchev–Trinajstić information content (AvgIpc) is 3.27. The number of carbonyl (C=O) groups is 1. The summed E-state index contributed by atoms with van der Waals surface area (Å²) in [6, 6.07) is 8.51. The highest BCUT2D eigenvalue weighted by molar-refractivity contribution is 7.89. The van der Waals surface area contributed by atoms with Crippen molar-refractivity contribution in [3.63, 3.8) is 0 Å². The number of aromatic carboxylic acids is 1. The Balaban J connectivity index is 1.87. The van der Waals surface area contributed by atoms with Gasteiger partial charge in [0.25, 0.3) is 0 Å². The maximum Gasteiger partial charge on any atom is 0.335 e. The quantitative estimate of drug-likeness (QED) is 0.855. The molecule has 1 aliphatic rings. The summed E-state index contributed by atoms with van der Waals surface area (Å²) < 4.78 is 41.8. The van der Waals surface area contributed by atoms with Gasteiger partial charge in [-0.15, -0.1) is 0 Å². The number of aryl methyl sites for hydroxylation is 1. The van der Waals surface area contributed by atoms with E-state index >= 15 is 0 Å². The zero-order valence-electron chi connectivity index (χ0n) is 13.8. The molecule has 1 saturated carbocycles. The highest BCUT2D eigenvalue weighted by Gasteiger charge is 2.43. The summed E-state index contributed by atoms with van der Waals surface area (Å²) in [6.07, 6.45) is 0.511. The fourth-order valence-corrected chi connectivity index (χ4v) is 4.57. The van der Waals surface area contributed by atoms with E-state index in [1.54, 1.807) is 32.0 Å². The van der Waals surface area contributed by atoms with Crippen molar-refractivity contribution < 1.29 is 22.7 Å². The smallest absolute Gasteiger partial charge is 0.335 e. The lowest BCUT2D eigenvalue weighted by molar-refractivity contribution is 0.0696. The lowest BCUT2D eigenvalue weighted by atomic mass is 10.1. The summed E-state index contributed by atoms with van der Waals surface area (Å²) in [5, 5.41) is 9.15. The van der Waals surface area contributed by atoms with Crippen LogP contribution in [0.25, 0.3) is 0 Å². The van der Waals surface area contributed by atoms with Crippen LogP contribution in [0.2, 0.25) is 0 Å². The summed E-state index contributed by atoms with van der Waals surface area (Å²) in [5.41, 5.74) is 1.50. The van der Waals surface area contributed by atoms with E-state index in [4.69, 9.17) is 5.11 Å². The predicted molar refractivity (Wildman–Crippen MR) is 90.7 cm³/mol. The van der Waals surface area contributed by atoms with Crippen LogP contribution in [0.1, 0.15) is 39.4 Å². The van der Waals surface area contributed by atoms with Gasteiger partial charge in [-0.1, -0.05) is 18.2 Å². The Morgan fingerprint density at radius 3 is 2.56 bits per heavy atom. The van der Waals surface area contributed by atoms with Crippen LogP contribution < -0.4 is 4.72 Å². The molecule has 0 spiro atoms. The lowest BCUT2D eigenvalue weighted by Crippen LogP contribution is -2.28. The van der Waals surface area contributed by atoms with E-state index in [9.17, 15) is 17.6 Å². The molecule has 1 aliphatic carbocycles. The Morgan fingerprint density at radius 2 is 1.92 bits per heavy atom. The van der Waals surface area contributed by atoms with Crippen LogP contribution >= 0.6 is 0 Å². The van der Waals surface area contributed by atoms with Gasteiger partial charge < -0.3 is 5.11 Å². The first-order valence-electron chi connectivity index (χ1n) is 7.82. The van der Waals surface area contributed by atoms with Gasteiger partial charge >= 0.3 is 5.97 Å². The molecule has 0 saturated heterocycles. The predicted octanol–water partition coefficient (Wildman–Crippen LogP) is 2.98. The second-order valence-corrected chi connectivity index (χ2v) is 8.00. The van der Waals surface area contributed by atoms with E-state index in [1.165, 1.54) is 12.1 Å². The minimum Gasteiger partial charge on any atom is -0.478 e. The van der Waals surface area contributed by atoms with Gasteiger partial charge in [0.05, 0.1) is 10.5 Å². The normalized spacial score (nSPS) is 19.6. The van der Waals surface area contributed by atoms with Gasteiger partial charge in [-0.2, -0.15) is 0 Å². The summed E-state index contributed by atoms with van der Waals surface area (Å²) in [6.45, 7) is 3.30. The molecule has 3 rings (SSSR count). The number of carboxylic acids is 1. The Bertz CT molecular complexity index is 956. The minimum absolute atomic E-state index is 0.0518. The van der Waals surface area contributed by atoms with E-state index < -0.39 is 22.0 Å². The second-order valence-electron chi connectivity index (χ2n) is 6.31. The second kappa shape index (κ2) is 6.24. The molecule has 2 aromatic carbocycles. The summed E-state index contributed by atoms with van der Waals surface area (Å²) >= 11 is 0. The van der Waals surface area contributed by atoms with Crippen LogP contribution in [-0.4, -0.2) is 25.5 Å². The molecule has 0 radical (unpaired) electrons. The highest BCUT2D eigenvalue weighted by Crippen LogP contribution is 2.42. The standard InChI is InChI=1S/C18H18FNO4S/c1-10-7-12(18(21)22)8-17(11(10)2)25(23,24)20-16-9-14(16)13-5-3-4-6-15(13)19/h3-8,14,16,20H,9H2,1-2H3,(H,21,22)/t14-,16+/m0/s1. The summed E-state index contributed by atoms with van der Waals surface area (Å²) in [5.74, 6) is -1.75. The molecule has 7 heteroatoms. The van der Waals surface area contributed by atoms with Crippen molar-refractivity contribution in [1.82, 2.24) is 4.72 Å².